The maximum absolute atomic E-state index is 12.2. The summed E-state index contributed by atoms with van der Waals surface area (Å²) in [7, 11) is 0. The summed E-state index contributed by atoms with van der Waals surface area (Å²) in [6.07, 6.45) is -3.60. The molecule has 98 valence electrons. The second kappa shape index (κ2) is 5.71. The Kier molecular flexibility index (Phi) is 4.53. The van der Waals surface area contributed by atoms with Crippen molar-refractivity contribution in [2.45, 2.75) is 20.0 Å². The third-order valence-electron chi connectivity index (χ3n) is 2.39. The van der Waals surface area contributed by atoms with E-state index in [1.54, 1.807) is 36.1 Å². The van der Waals surface area contributed by atoms with Crippen LogP contribution in [0.25, 0.3) is 0 Å². The second-order valence-corrected chi connectivity index (χ2v) is 3.76. The van der Waals surface area contributed by atoms with Crippen molar-refractivity contribution < 1.29 is 18.0 Å². The Morgan fingerprint density at radius 3 is 2.28 bits per heavy atom. The predicted octanol–water partition coefficient (Wildman–Crippen LogP) is 3.55. The molecule has 0 aliphatic heterocycles. The maximum Gasteiger partial charge on any atom is 0.454 e. The SMILES string of the molecule is CCN(/C=C(/C)C(=O)C(F)(F)F)c1ccccc1. The first-order valence-electron chi connectivity index (χ1n) is 5.48. The monoisotopic (exact) mass is 257 g/mol. The van der Waals surface area contributed by atoms with Gasteiger partial charge in [-0.3, -0.25) is 4.79 Å². The van der Waals surface area contributed by atoms with E-state index >= 15 is 0 Å². The van der Waals surface area contributed by atoms with Crippen LogP contribution >= 0.6 is 0 Å². The van der Waals surface area contributed by atoms with Gasteiger partial charge in [-0.25, -0.2) is 0 Å². The molecule has 0 heterocycles. The van der Waals surface area contributed by atoms with E-state index in [9.17, 15) is 18.0 Å². The lowest BCUT2D eigenvalue weighted by atomic mass is 10.2. The number of hydrogen-bond donors (Lipinski definition) is 0. The van der Waals surface area contributed by atoms with Gasteiger partial charge in [0.05, 0.1) is 0 Å². The highest BCUT2D eigenvalue weighted by Gasteiger charge is 2.39. The van der Waals surface area contributed by atoms with Gasteiger partial charge in [-0.05, 0) is 26.0 Å². The summed E-state index contributed by atoms with van der Waals surface area (Å²) in [5.41, 5.74) is 0.419. The number of Topliss-reactive ketones (excluding diaryl/α,β-unsaturated/α-hetero) is 1. The van der Waals surface area contributed by atoms with Crippen LogP contribution < -0.4 is 4.90 Å². The summed E-state index contributed by atoms with van der Waals surface area (Å²) in [6, 6.07) is 8.92. The van der Waals surface area contributed by atoms with E-state index in [-0.39, 0.29) is 5.57 Å². The molecule has 0 spiro atoms. The normalized spacial score (nSPS) is 12.4. The Bertz CT molecular complexity index is 437. The molecule has 18 heavy (non-hydrogen) atoms. The minimum atomic E-state index is -4.82. The third kappa shape index (κ3) is 3.61. The Hall–Kier alpha value is -1.78. The van der Waals surface area contributed by atoms with Gasteiger partial charge in [0.25, 0.3) is 5.78 Å². The second-order valence-electron chi connectivity index (χ2n) is 3.76. The van der Waals surface area contributed by atoms with Crippen molar-refractivity contribution in [3.05, 3.63) is 42.1 Å². The molecule has 0 atom stereocenters. The number of halogens is 3. The van der Waals surface area contributed by atoms with Crippen LogP contribution in [0.3, 0.4) is 0 Å². The molecule has 0 N–H and O–H groups in total. The Labute approximate surface area is 104 Å². The molecular weight excluding hydrogens is 243 g/mol. The van der Waals surface area contributed by atoms with Crippen LogP contribution in [0.1, 0.15) is 13.8 Å². The van der Waals surface area contributed by atoms with Gasteiger partial charge in [-0.15, -0.1) is 0 Å². The zero-order valence-electron chi connectivity index (χ0n) is 10.2. The highest BCUT2D eigenvalue weighted by Crippen LogP contribution is 2.22. The molecule has 0 aromatic heterocycles. The average molecular weight is 257 g/mol. The van der Waals surface area contributed by atoms with E-state index in [0.29, 0.717) is 6.54 Å². The minimum absolute atomic E-state index is 0.326. The van der Waals surface area contributed by atoms with E-state index in [0.717, 1.165) is 5.69 Å². The fraction of sp³-hybridized carbons (Fsp3) is 0.308. The first-order chi connectivity index (χ1) is 8.36. The first-order valence-corrected chi connectivity index (χ1v) is 5.48. The summed E-state index contributed by atoms with van der Waals surface area (Å²) in [6.45, 7) is 3.45. The van der Waals surface area contributed by atoms with Crippen LogP contribution in [0.4, 0.5) is 18.9 Å². The Balaban J connectivity index is 2.96. The van der Waals surface area contributed by atoms with Crippen molar-refractivity contribution in [2.75, 3.05) is 11.4 Å². The van der Waals surface area contributed by atoms with Crippen molar-refractivity contribution in [1.29, 1.82) is 0 Å². The zero-order valence-corrected chi connectivity index (χ0v) is 10.2. The molecule has 0 fully saturated rings. The summed E-state index contributed by atoms with van der Waals surface area (Å²) in [5.74, 6) is -1.81. The molecule has 1 aromatic carbocycles. The molecule has 5 heteroatoms. The van der Waals surface area contributed by atoms with Gasteiger partial charge in [-0.1, -0.05) is 18.2 Å². The molecule has 0 saturated heterocycles. The van der Waals surface area contributed by atoms with E-state index in [4.69, 9.17) is 0 Å². The lowest BCUT2D eigenvalue weighted by Gasteiger charge is -2.19. The number of nitrogens with zero attached hydrogens (tertiary/aromatic N) is 1. The number of alkyl halides is 3. The van der Waals surface area contributed by atoms with E-state index in [1.807, 2.05) is 6.07 Å². The molecular formula is C13H14F3NO. The van der Waals surface area contributed by atoms with Gasteiger partial charge in [0.15, 0.2) is 0 Å². The molecule has 0 amide bonds. The van der Waals surface area contributed by atoms with Gasteiger partial charge in [0.2, 0.25) is 0 Å². The number of carbonyl (C=O) groups is 1. The highest BCUT2D eigenvalue weighted by molar-refractivity contribution is 5.99. The minimum Gasteiger partial charge on any atom is -0.348 e. The van der Waals surface area contributed by atoms with Crippen LogP contribution in [0.2, 0.25) is 0 Å². The topological polar surface area (TPSA) is 20.3 Å². The van der Waals surface area contributed by atoms with Crippen LogP contribution in [-0.4, -0.2) is 18.5 Å². The van der Waals surface area contributed by atoms with Gasteiger partial charge < -0.3 is 4.90 Å². The number of para-hydroxylation sites is 1. The average Bonchev–Trinajstić information content (AvgIpc) is 2.34. The van der Waals surface area contributed by atoms with Crippen LogP contribution in [0.15, 0.2) is 42.1 Å². The van der Waals surface area contributed by atoms with Crippen molar-refractivity contribution in [1.82, 2.24) is 0 Å². The smallest absolute Gasteiger partial charge is 0.348 e. The lowest BCUT2D eigenvalue weighted by Crippen LogP contribution is -2.26. The van der Waals surface area contributed by atoms with Gasteiger partial charge in [0.1, 0.15) is 0 Å². The molecule has 0 radical (unpaired) electrons. The molecule has 1 aromatic rings. The number of hydrogen-bond acceptors (Lipinski definition) is 2. The number of benzene rings is 1. The number of anilines is 1. The fourth-order valence-electron chi connectivity index (χ4n) is 1.48. The number of rotatable bonds is 4. The molecule has 0 bridgehead atoms. The standard InChI is InChI=1S/C13H14F3NO/c1-3-17(11-7-5-4-6-8-11)9-10(2)12(18)13(14,15)16/h4-9H,3H2,1-2H3/b10-9-. The number of ketones is 1. The van der Waals surface area contributed by atoms with Gasteiger partial charge >= 0.3 is 6.18 Å². The van der Waals surface area contributed by atoms with Crippen molar-refractivity contribution in [2.24, 2.45) is 0 Å². The number of allylic oxidation sites excluding steroid dienone is 1. The Morgan fingerprint density at radius 2 is 1.83 bits per heavy atom. The van der Waals surface area contributed by atoms with E-state index < -0.39 is 12.0 Å². The van der Waals surface area contributed by atoms with Crippen LogP contribution in [0, 0.1) is 0 Å². The molecule has 2 nitrogen and oxygen atoms in total. The van der Waals surface area contributed by atoms with E-state index in [1.165, 1.54) is 13.1 Å². The lowest BCUT2D eigenvalue weighted by molar-refractivity contribution is -0.166. The van der Waals surface area contributed by atoms with Gasteiger partial charge in [-0.2, -0.15) is 13.2 Å². The predicted molar refractivity (Wildman–Crippen MR) is 64.3 cm³/mol. The van der Waals surface area contributed by atoms with Crippen molar-refractivity contribution >= 4 is 11.5 Å². The zero-order chi connectivity index (χ0) is 13.8. The highest BCUT2D eigenvalue weighted by atomic mass is 19.4. The fourth-order valence-corrected chi connectivity index (χ4v) is 1.48. The van der Waals surface area contributed by atoms with Crippen molar-refractivity contribution in [3.8, 4) is 0 Å². The maximum atomic E-state index is 12.2. The molecule has 1 rings (SSSR count). The molecule has 0 aliphatic rings. The van der Waals surface area contributed by atoms with Crippen LogP contribution in [0.5, 0.6) is 0 Å². The largest absolute Gasteiger partial charge is 0.454 e. The molecule has 0 saturated carbocycles. The Morgan fingerprint density at radius 1 is 1.28 bits per heavy atom. The first kappa shape index (κ1) is 14.3. The summed E-state index contributed by atoms with van der Waals surface area (Å²) in [4.78, 5) is 12.6. The molecule has 0 aliphatic carbocycles. The summed E-state index contributed by atoms with van der Waals surface area (Å²) in [5, 5.41) is 0. The summed E-state index contributed by atoms with van der Waals surface area (Å²) >= 11 is 0. The number of carbonyl (C=O) groups excluding carboxylic acids is 1. The third-order valence-corrected chi connectivity index (χ3v) is 2.39. The van der Waals surface area contributed by atoms with Gasteiger partial charge in [0, 0.05) is 24.0 Å². The van der Waals surface area contributed by atoms with Crippen molar-refractivity contribution in [3.63, 3.8) is 0 Å². The van der Waals surface area contributed by atoms with E-state index in [2.05, 4.69) is 0 Å². The molecule has 0 unspecified atom stereocenters. The van der Waals surface area contributed by atoms with Crippen LogP contribution in [-0.2, 0) is 4.79 Å². The summed E-state index contributed by atoms with van der Waals surface area (Å²) < 4.78 is 36.7. The quantitative estimate of drug-likeness (QED) is 0.769.